The number of hydrogen-bond acceptors (Lipinski definition) is 2. The van der Waals surface area contributed by atoms with Crippen molar-refractivity contribution in [1.82, 2.24) is 10.2 Å². The van der Waals surface area contributed by atoms with E-state index < -0.39 is 0 Å². The van der Waals surface area contributed by atoms with Gasteiger partial charge in [-0.25, -0.2) is 0 Å². The first-order chi connectivity index (χ1) is 15.2. The van der Waals surface area contributed by atoms with Gasteiger partial charge in [0.15, 0.2) is 0 Å². The molecule has 1 N–H and O–H groups in total. The maximum absolute atomic E-state index is 12.8. The van der Waals surface area contributed by atoms with Crippen LogP contribution in [0.5, 0.6) is 0 Å². The lowest BCUT2D eigenvalue weighted by Gasteiger charge is -2.28. The smallest absolute Gasteiger partial charge is 0.251 e. The van der Waals surface area contributed by atoms with Crippen LogP contribution in [0.4, 0.5) is 0 Å². The van der Waals surface area contributed by atoms with E-state index in [9.17, 15) is 4.79 Å². The quantitative estimate of drug-likeness (QED) is 0.625. The van der Waals surface area contributed by atoms with E-state index >= 15 is 0 Å². The van der Waals surface area contributed by atoms with Crippen molar-refractivity contribution in [1.29, 1.82) is 0 Å². The first-order valence-corrected chi connectivity index (χ1v) is 11.5. The lowest BCUT2D eigenvalue weighted by atomic mass is 9.99. The van der Waals surface area contributed by atoms with Gasteiger partial charge >= 0.3 is 0 Å². The van der Waals surface area contributed by atoms with Gasteiger partial charge in [-0.1, -0.05) is 54.6 Å². The molecule has 2 aliphatic rings. The molecule has 0 radical (unpaired) electrons. The number of benzene rings is 3. The number of nitrogens with one attached hydrogen (secondary N) is 1. The fourth-order valence-electron chi connectivity index (χ4n) is 4.93. The van der Waals surface area contributed by atoms with Gasteiger partial charge in [0.25, 0.3) is 5.91 Å². The molecule has 0 aromatic heterocycles. The Balaban J connectivity index is 1.19. The number of fused-ring (bicyclic) bond motifs is 2. The highest BCUT2D eigenvalue weighted by Gasteiger charge is 2.17. The highest BCUT2D eigenvalue weighted by atomic mass is 16.1. The number of rotatable bonds is 5. The van der Waals surface area contributed by atoms with Gasteiger partial charge in [0.2, 0.25) is 0 Å². The molecule has 3 aromatic rings. The third-order valence-corrected chi connectivity index (χ3v) is 6.80. The van der Waals surface area contributed by atoms with Gasteiger partial charge in [0.1, 0.15) is 0 Å². The molecule has 0 fully saturated rings. The average molecular weight is 411 g/mol. The number of carbonyl (C=O) groups excluding carboxylic acids is 1. The van der Waals surface area contributed by atoms with Crippen molar-refractivity contribution in [2.24, 2.45) is 0 Å². The lowest BCUT2D eigenvalue weighted by molar-refractivity contribution is 0.0940. The van der Waals surface area contributed by atoms with Crippen molar-refractivity contribution in [3.05, 3.63) is 106 Å². The molecule has 3 aromatic carbocycles. The predicted octanol–water partition coefficient (Wildman–Crippen LogP) is 5.22. The van der Waals surface area contributed by atoms with E-state index in [2.05, 4.69) is 71.7 Å². The number of amides is 1. The van der Waals surface area contributed by atoms with Crippen molar-refractivity contribution in [2.45, 2.75) is 51.7 Å². The second kappa shape index (κ2) is 8.68. The van der Waals surface area contributed by atoms with E-state index in [0.717, 1.165) is 38.0 Å². The fourth-order valence-corrected chi connectivity index (χ4v) is 4.93. The molecule has 0 saturated heterocycles. The normalized spacial score (nSPS) is 16.4. The van der Waals surface area contributed by atoms with Gasteiger partial charge in [-0.3, -0.25) is 9.69 Å². The molecular formula is C28H30N2O. The van der Waals surface area contributed by atoms with Gasteiger partial charge in [-0.2, -0.15) is 0 Å². The summed E-state index contributed by atoms with van der Waals surface area (Å²) in [6.07, 6.45) is 4.70. The summed E-state index contributed by atoms with van der Waals surface area (Å²) in [5, 5.41) is 3.17. The summed E-state index contributed by atoms with van der Waals surface area (Å²) in [6, 6.07) is 23.5. The monoisotopic (exact) mass is 410 g/mol. The van der Waals surface area contributed by atoms with Crippen LogP contribution >= 0.6 is 0 Å². The van der Waals surface area contributed by atoms with E-state index in [1.807, 2.05) is 12.1 Å². The molecule has 3 nitrogen and oxygen atoms in total. The Kier molecular flexibility index (Phi) is 5.61. The van der Waals surface area contributed by atoms with Crippen LogP contribution in [0, 0.1) is 0 Å². The summed E-state index contributed by atoms with van der Waals surface area (Å²) in [5.41, 5.74) is 8.99. The van der Waals surface area contributed by atoms with Gasteiger partial charge in [0, 0.05) is 25.2 Å². The molecule has 3 heteroatoms. The number of carbonyl (C=O) groups is 1. The zero-order valence-corrected chi connectivity index (χ0v) is 18.2. The van der Waals surface area contributed by atoms with Crippen LogP contribution in [-0.2, 0) is 32.4 Å². The van der Waals surface area contributed by atoms with Crippen molar-refractivity contribution < 1.29 is 4.79 Å². The van der Waals surface area contributed by atoms with Crippen molar-refractivity contribution in [2.75, 3.05) is 6.54 Å². The third-order valence-electron chi connectivity index (χ3n) is 6.80. The standard InChI is InChI=1S/C28H30N2O/c1-20(25-14-13-22-7-4-8-26(22)17-25)29-28(31)24-11-9-21(10-12-24)18-30-16-15-23-5-2-3-6-27(23)19-30/h2-3,5-6,9-14,17,20H,4,7-8,15-16,18-19H2,1H3,(H,29,31). The topological polar surface area (TPSA) is 32.3 Å². The Morgan fingerprint density at radius 2 is 1.65 bits per heavy atom. The summed E-state index contributed by atoms with van der Waals surface area (Å²) in [4.78, 5) is 15.3. The van der Waals surface area contributed by atoms with E-state index in [-0.39, 0.29) is 11.9 Å². The zero-order chi connectivity index (χ0) is 21.2. The maximum atomic E-state index is 12.8. The van der Waals surface area contributed by atoms with E-state index in [1.54, 1.807) is 0 Å². The van der Waals surface area contributed by atoms with Crippen LogP contribution in [0.3, 0.4) is 0 Å². The third kappa shape index (κ3) is 4.42. The summed E-state index contributed by atoms with van der Waals surface area (Å²) in [7, 11) is 0. The highest BCUT2D eigenvalue weighted by Crippen LogP contribution is 2.25. The summed E-state index contributed by atoms with van der Waals surface area (Å²) < 4.78 is 0. The summed E-state index contributed by atoms with van der Waals surface area (Å²) in [6.45, 7) is 5.06. The van der Waals surface area contributed by atoms with Crippen molar-refractivity contribution >= 4 is 5.91 Å². The summed E-state index contributed by atoms with van der Waals surface area (Å²) >= 11 is 0. The Morgan fingerprint density at radius 1 is 0.903 bits per heavy atom. The largest absolute Gasteiger partial charge is 0.346 e. The fraction of sp³-hybridized carbons (Fsp3) is 0.321. The molecule has 1 aliphatic heterocycles. The molecule has 31 heavy (non-hydrogen) atoms. The Bertz CT molecular complexity index is 1090. The van der Waals surface area contributed by atoms with Crippen molar-refractivity contribution in [3.63, 3.8) is 0 Å². The minimum absolute atomic E-state index is 0.00601. The first-order valence-electron chi connectivity index (χ1n) is 11.5. The number of aryl methyl sites for hydroxylation is 2. The van der Waals surface area contributed by atoms with Gasteiger partial charge in [0.05, 0.1) is 6.04 Å². The molecule has 0 bridgehead atoms. The van der Waals surface area contributed by atoms with Gasteiger partial charge in [-0.05, 0) is 78.1 Å². The maximum Gasteiger partial charge on any atom is 0.251 e. The lowest BCUT2D eigenvalue weighted by Crippen LogP contribution is -2.30. The van der Waals surface area contributed by atoms with Crippen LogP contribution in [-0.4, -0.2) is 17.4 Å². The predicted molar refractivity (Wildman–Crippen MR) is 125 cm³/mol. The molecular weight excluding hydrogens is 380 g/mol. The Hall–Kier alpha value is -2.91. The van der Waals surface area contributed by atoms with Gasteiger partial charge < -0.3 is 5.32 Å². The highest BCUT2D eigenvalue weighted by molar-refractivity contribution is 5.94. The van der Waals surface area contributed by atoms with Crippen LogP contribution in [0.25, 0.3) is 0 Å². The minimum Gasteiger partial charge on any atom is -0.346 e. The number of nitrogens with zero attached hydrogens (tertiary/aromatic N) is 1. The van der Waals surface area contributed by atoms with Crippen LogP contribution in [0.2, 0.25) is 0 Å². The zero-order valence-electron chi connectivity index (χ0n) is 18.2. The molecule has 1 aliphatic carbocycles. The van der Waals surface area contributed by atoms with Crippen LogP contribution in [0.15, 0.2) is 66.7 Å². The second-order valence-electron chi connectivity index (χ2n) is 9.00. The molecule has 158 valence electrons. The molecule has 0 spiro atoms. The Labute approximate surface area is 185 Å². The van der Waals surface area contributed by atoms with Crippen LogP contribution < -0.4 is 5.32 Å². The molecule has 1 heterocycles. The minimum atomic E-state index is -0.00792. The average Bonchev–Trinajstić information content (AvgIpc) is 3.27. The molecule has 1 amide bonds. The van der Waals surface area contributed by atoms with Crippen LogP contribution in [0.1, 0.15) is 63.1 Å². The number of hydrogen-bond donors (Lipinski definition) is 1. The molecule has 1 atom stereocenters. The molecule has 5 rings (SSSR count). The molecule has 1 unspecified atom stereocenters. The van der Waals surface area contributed by atoms with E-state index in [1.165, 1.54) is 46.2 Å². The molecule has 0 saturated carbocycles. The Morgan fingerprint density at radius 3 is 2.48 bits per heavy atom. The van der Waals surface area contributed by atoms with Gasteiger partial charge in [-0.15, -0.1) is 0 Å². The van der Waals surface area contributed by atoms with E-state index in [0.29, 0.717) is 0 Å². The second-order valence-corrected chi connectivity index (χ2v) is 9.00. The van der Waals surface area contributed by atoms with Crippen molar-refractivity contribution in [3.8, 4) is 0 Å². The first kappa shape index (κ1) is 20.0. The summed E-state index contributed by atoms with van der Waals surface area (Å²) in [5.74, 6) is -0.00792. The van der Waals surface area contributed by atoms with E-state index in [4.69, 9.17) is 0 Å². The SMILES string of the molecule is CC(NC(=O)c1ccc(CN2CCc3ccccc3C2)cc1)c1ccc2c(c1)CCC2.